The van der Waals surface area contributed by atoms with E-state index in [0.717, 1.165) is 16.8 Å². The van der Waals surface area contributed by atoms with Gasteiger partial charge in [0.25, 0.3) is 0 Å². The van der Waals surface area contributed by atoms with Gasteiger partial charge in [0.1, 0.15) is 17.7 Å². The summed E-state index contributed by atoms with van der Waals surface area (Å²) >= 11 is 6.09. The van der Waals surface area contributed by atoms with Gasteiger partial charge in [0.05, 0.1) is 0 Å². The first-order chi connectivity index (χ1) is 18.5. The molecule has 0 heterocycles. The summed E-state index contributed by atoms with van der Waals surface area (Å²) in [6.45, 7) is 7.72. The number of hydrogen-bond donors (Lipinski definition) is 3. The van der Waals surface area contributed by atoms with Crippen molar-refractivity contribution in [2.24, 2.45) is 0 Å². The van der Waals surface area contributed by atoms with Crippen molar-refractivity contribution in [1.82, 2.24) is 5.32 Å². The number of nitrogens with one attached hydrogen (secondary N) is 2. The number of ether oxygens (including phenoxy) is 1. The first kappa shape index (κ1) is 30.0. The van der Waals surface area contributed by atoms with Gasteiger partial charge < -0.3 is 20.5 Å². The zero-order chi connectivity index (χ0) is 28.4. The van der Waals surface area contributed by atoms with Crippen molar-refractivity contribution < 1.29 is 29.2 Å². The van der Waals surface area contributed by atoms with Crippen LogP contribution in [-0.4, -0.2) is 35.2 Å². The third kappa shape index (κ3) is 10.2. The van der Waals surface area contributed by atoms with Crippen molar-refractivity contribution in [1.29, 1.82) is 0 Å². The summed E-state index contributed by atoms with van der Waals surface area (Å²) in [7, 11) is 0. The Balaban J connectivity index is 1.53. The van der Waals surface area contributed by atoms with Gasteiger partial charge in [0, 0.05) is 30.7 Å². The average molecular weight is 555 g/mol. The number of halogens is 1. The largest absolute Gasteiger partial charge is 0.459 e. The number of carbonyl (C=O) groups excluding carboxylic acids is 2. The molecule has 0 amide bonds. The van der Waals surface area contributed by atoms with Gasteiger partial charge in [-0.25, -0.2) is 4.79 Å². The van der Waals surface area contributed by atoms with Crippen LogP contribution < -0.4 is 15.5 Å². The number of rotatable bonds is 12. The molecular weight excluding hydrogens is 520 g/mol. The summed E-state index contributed by atoms with van der Waals surface area (Å²) in [5.41, 5.74) is 2.92. The van der Waals surface area contributed by atoms with Crippen LogP contribution in [-0.2, 0) is 32.2 Å². The van der Waals surface area contributed by atoms with E-state index in [9.17, 15) is 14.7 Å². The minimum absolute atomic E-state index is 0.433. The van der Waals surface area contributed by atoms with E-state index in [4.69, 9.17) is 21.2 Å². The Labute approximate surface area is 234 Å². The lowest BCUT2D eigenvalue weighted by molar-refractivity contribution is -0.210. The van der Waals surface area contributed by atoms with Crippen LogP contribution in [0.3, 0.4) is 0 Å². The predicted octanol–water partition coefficient (Wildman–Crippen LogP) is 5.39. The second kappa shape index (κ2) is 14.0. The molecule has 0 aliphatic carbocycles. The minimum Gasteiger partial charge on any atom is -0.459 e. The average Bonchev–Trinajstić information content (AvgIpc) is 2.88. The molecule has 3 aromatic rings. The molecule has 9 heteroatoms. The molecule has 3 aromatic carbocycles. The minimum atomic E-state index is -1.12. The lowest BCUT2D eigenvalue weighted by Gasteiger charge is -2.27. The van der Waals surface area contributed by atoms with Crippen molar-refractivity contribution in [2.45, 2.75) is 58.4 Å². The number of anilines is 1. The SMILES string of the molecule is CC(=O)OOc1ccc(NCc2ccc(CCNC(C(=O)OC(C)(C)C)[C@H](O)c3cccc(Cl)c3)cc2)cc1. The molecule has 208 valence electrons. The summed E-state index contributed by atoms with van der Waals surface area (Å²) < 4.78 is 5.55. The normalized spacial score (nSPS) is 12.8. The van der Waals surface area contributed by atoms with Gasteiger partial charge >= 0.3 is 11.9 Å². The second-order valence-electron chi connectivity index (χ2n) is 10.1. The molecule has 0 aliphatic rings. The molecule has 1 unspecified atom stereocenters. The topological polar surface area (TPSA) is 106 Å². The zero-order valence-electron chi connectivity index (χ0n) is 22.6. The van der Waals surface area contributed by atoms with Crippen molar-refractivity contribution in [3.63, 3.8) is 0 Å². The highest BCUT2D eigenvalue weighted by molar-refractivity contribution is 6.30. The van der Waals surface area contributed by atoms with E-state index in [1.54, 1.807) is 57.2 Å². The lowest BCUT2D eigenvalue weighted by Crippen LogP contribution is -2.46. The van der Waals surface area contributed by atoms with Crippen molar-refractivity contribution in [3.8, 4) is 5.75 Å². The van der Waals surface area contributed by atoms with Gasteiger partial charge in [0.15, 0.2) is 5.75 Å². The molecule has 3 rings (SSSR count). The van der Waals surface area contributed by atoms with Crippen LogP contribution in [0.1, 0.15) is 50.5 Å². The Bertz CT molecular complexity index is 1230. The summed E-state index contributed by atoms with van der Waals surface area (Å²) in [4.78, 5) is 33.1. The molecule has 0 fully saturated rings. The van der Waals surface area contributed by atoms with E-state index >= 15 is 0 Å². The smallest absolute Gasteiger partial charge is 0.352 e. The second-order valence-corrected chi connectivity index (χ2v) is 10.5. The fraction of sp³-hybridized carbons (Fsp3) is 0.333. The van der Waals surface area contributed by atoms with E-state index in [-0.39, 0.29) is 0 Å². The van der Waals surface area contributed by atoms with E-state index in [1.807, 2.05) is 36.4 Å². The van der Waals surface area contributed by atoms with Crippen LogP contribution in [0.2, 0.25) is 5.02 Å². The monoisotopic (exact) mass is 554 g/mol. The van der Waals surface area contributed by atoms with Crippen molar-refractivity contribution in [2.75, 3.05) is 11.9 Å². The highest BCUT2D eigenvalue weighted by atomic mass is 35.5. The third-order valence-corrected chi connectivity index (χ3v) is 5.81. The number of aliphatic hydroxyl groups is 1. The fourth-order valence-electron chi connectivity index (χ4n) is 3.71. The first-order valence-corrected chi connectivity index (χ1v) is 13.0. The lowest BCUT2D eigenvalue weighted by atomic mass is 10.0. The van der Waals surface area contributed by atoms with E-state index in [1.165, 1.54) is 6.92 Å². The number of hydrogen-bond acceptors (Lipinski definition) is 8. The molecule has 0 spiro atoms. The summed E-state index contributed by atoms with van der Waals surface area (Å²) in [6.07, 6.45) is -0.465. The summed E-state index contributed by atoms with van der Waals surface area (Å²) in [5, 5.41) is 17.9. The van der Waals surface area contributed by atoms with Gasteiger partial charge in [-0.3, -0.25) is 14.6 Å². The standard InChI is InChI=1S/C30H35ClN2O6/c1-20(34)38-39-26-14-12-25(13-15-26)33-19-22-10-8-21(9-11-22)16-17-32-27(29(36)37-30(2,3)4)28(35)23-6-5-7-24(31)18-23/h5-15,18,27-28,32-33,35H,16-17,19H2,1-4H3/t27?,28-/m1/s1. The van der Waals surface area contributed by atoms with Gasteiger partial charge in [-0.05, 0) is 80.3 Å². The number of esters is 1. The van der Waals surface area contributed by atoms with Crippen molar-refractivity contribution in [3.05, 3.63) is 94.5 Å². The van der Waals surface area contributed by atoms with Crippen LogP contribution in [0.5, 0.6) is 5.75 Å². The highest BCUT2D eigenvalue weighted by Gasteiger charge is 2.32. The number of aliphatic hydroxyl groups excluding tert-OH is 1. The maximum absolute atomic E-state index is 12.9. The molecular formula is C30H35ClN2O6. The summed E-state index contributed by atoms with van der Waals surface area (Å²) in [5.74, 6) is -0.612. The molecule has 0 bridgehead atoms. The van der Waals surface area contributed by atoms with Crippen LogP contribution >= 0.6 is 11.6 Å². The fourth-order valence-corrected chi connectivity index (χ4v) is 3.91. The molecule has 0 radical (unpaired) electrons. The first-order valence-electron chi connectivity index (χ1n) is 12.7. The number of benzene rings is 3. The maximum Gasteiger partial charge on any atom is 0.352 e. The number of carbonyl (C=O) groups is 2. The van der Waals surface area contributed by atoms with Crippen molar-refractivity contribution >= 4 is 29.2 Å². The van der Waals surface area contributed by atoms with Crippen LogP contribution in [0.25, 0.3) is 0 Å². The van der Waals surface area contributed by atoms with Crippen LogP contribution in [0.4, 0.5) is 5.69 Å². The van der Waals surface area contributed by atoms with Gasteiger partial charge in [-0.1, -0.05) is 48.0 Å². The molecule has 0 aromatic heterocycles. The van der Waals surface area contributed by atoms with E-state index in [0.29, 0.717) is 35.8 Å². The molecule has 39 heavy (non-hydrogen) atoms. The molecule has 0 aliphatic heterocycles. The van der Waals surface area contributed by atoms with Crippen LogP contribution in [0.15, 0.2) is 72.8 Å². The molecule has 8 nitrogen and oxygen atoms in total. The Morgan fingerprint density at radius 3 is 2.26 bits per heavy atom. The van der Waals surface area contributed by atoms with Gasteiger partial charge in [-0.2, -0.15) is 0 Å². The Morgan fingerprint density at radius 1 is 0.974 bits per heavy atom. The van der Waals surface area contributed by atoms with Crippen LogP contribution in [0, 0.1) is 0 Å². The summed E-state index contributed by atoms with van der Waals surface area (Å²) in [6, 6.07) is 21.1. The maximum atomic E-state index is 12.9. The third-order valence-electron chi connectivity index (χ3n) is 5.57. The Morgan fingerprint density at radius 2 is 1.64 bits per heavy atom. The van der Waals surface area contributed by atoms with Gasteiger partial charge in [-0.15, -0.1) is 0 Å². The zero-order valence-corrected chi connectivity index (χ0v) is 23.3. The predicted molar refractivity (Wildman–Crippen MR) is 150 cm³/mol. The molecule has 2 atom stereocenters. The van der Waals surface area contributed by atoms with E-state index < -0.39 is 29.7 Å². The molecule has 0 saturated heterocycles. The van der Waals surface area contributed by atoms with E-state index in [2.05, 4.69) is 15.5 Å². The Kier molecular flexibility index (Phi) is 10.7. The Hall–Kier alpha value is -3.59. The molecule has 3 N–H and O–H groups in total. The highest BCUT2D eigenvalue weighted by Crippen LogP contribution is 2.23. The van der Waals surface area contributed by atoms with Gasteiger partial charge in [0.2, 0.25) is 0 Å². The quantitative estimate of drug-likeness (QED) is 0.155. The molecule has 0 saturated carbocycles.